The highest BCUT2D eigenvalue weighted by atomic mass is 19.4. The standard InChI is InChI=1S/C13H17F3N2O2/c1-9(7-17-2)12(19)18-8-10-5-3-4-6-11(10)20-13(14,15)16/h3-6,9,17H,7-8H2,1-2H3,(H,18,19). The molecule has 0 aliphatic rings. The molecule has 0 radical (unpaired) electrons. The van der Waals surface area contributed by atoms with Crippen molar-refractivity contribution in [2.45, 2.75) is 19.8 Å². The van der Waals surface area contributed by atoms with E-state index in [2.05, 4.69) is 15.4 Å². The molecule has 1 rings (SSSR count). The van der Waals surface area contributed by atoms with Crippen LogP contribution in [0.1, 0.15) is 12.5 Å². The maximum Gasteiger partial charge on any atom is 0.573 e. The quantitative estimate of drug-likeness (QED) is 0.843. The first-order valence-corrected chi connectivity index (χ1v) is 6.09. The van der Waals surface area contributed by atoms with Crippen molar-refractivity contribution in [2.75, 3.05) is 13.6 Å². The maximum atomic E-state index is 12.2. The number of para-hydroxylation sites is 1. The first-order valence-electron chi connectivity index (χ1n) is 6.09. The van der Waals surface area contributed by atoms with E-state index >= 15 is 0 Å². The van der Waals surface area contributed by atoms with Gasteiger partial charge in [0.15, 0.2) is 0 Å². The number of hydrogen-bond acceptors (Lipinski definition) is 3. The molecule has 1 aromatic carbocycles. The van der Waals surface area contributed by atoms with Gasteiger partial charge in [-0.15, -0.1) is 13.2 Å². The lowest BCUT2D eigenvalue weighted by atomic mass is 10.1. The number of rotatable bonds is 6. The molecule has 1 amide bonds. The minimum Gasteiger partial charge on any atom is -0.405 e. The van der Waals surface area contributed by atoms with Crippen LogP contribution in [-0.4, -0.2) is 25.9 Å². The predicted molar refractivity (Wildman–Crippen MR) is 68.1 cm³/mol. The van der Waals surface area contributed by atoms with Crippen molar-refractivity contribution >= 4 is 5.91 Å². The average Bonchev–Trinajstić information content (AvgIpc) is 2.35. The Balaban J connectivity index is 2.66. The maximum absolute atomic E-state index is 12.2. The van der Waals surface area contributed by atoms with Crippen LogP contribution in [0.25, 0.3) is 0 Å². The summed E-state index contributed by atoms with van der Waals surface area (Å²) in [5.74, 6) is -0.807. The summed E-state index contributed by atoms with van der Waals surface area (Å²) in [6, 6.07) is 5.72. The molecule has 2 N–H and O–H groups in total. The molecular weight excluding hydrogens is 273 g/mol. The zero-order valence-corrected chi connectivity index (χ0v) is 11.3. The summed E-state index contributed by atoms with van der Waals surface area (Å²) in [7, 11) is 1.72. The van der Waals surface area contributed by atoms with Crippen LogP contribution in [0.5, 0.6) is 5.75 Å². The zero-order chi connectivity index (χ0) is 15.2. The molecule has 7 heteroatoms. The van der Waals surface area contributed by atoms with Crippen LogP contribution >= 0.6 is 0 Å². The summed E-state index contributed by atoms with van der Waals surface area (Å²) in [6.07, 6.45) is -4.75. The third kappa shape index (κ3) is 5.48. The number of amides is 1. The zero-order valence-electron chi connectivity index (χ0n) is 11.3. The molecule has 0 aromatic heterocycles. The first kappa shape index (κ1) is 16.3. The second-order valence-corrected chi connectivity index (χ2v) is 4.33. The van der Waals surface area contributed by atoms with Crippen LogP contribution in [0.4, 0.5) is 13.2 Å². The fraction of sp³-hybridized carbons (Fsp3) is 0.462. The Morgan fingerprint density at radius 1 is 1.35 bits per heavy atom. The molecule has 0 heterocycles. The van der Waals surface area contributed by atoms with E-state index in [1.165, 1.54) is 18.2 Å². The van der Waals surface area contributed by atoms with Gasteiger partial charge in [-0.25, -0.2) is 0 Å². The highest BCUT2D eigenvalue weighted by molar-refractivity contribution is 5.78. The van der Waals surface area contributed by atoms with Gasteiger partial charge in [-0.3, -0.25) is 4.79 Å². The predicted octanol–water partition coefficient (Wildman–Crippen LogP) is 2.06. The third-order valence-electron chi connectivity index (χ3n) is 2.61. The molecule has 112 valence electrons. The lowest BCUT2D eigenvalue weighted by molar-refractivity contribution is -0.274. The van der Waals surface area contributed by atoms with Crippen LogP contribution in [0.3, 0.4) is 0 Å². The fourth-order valence-corrected chi connectivity index (χ4v) is 1.63. The van der Waals surface area contributed by atoms with Crippen molar-refractivity contribution in [3.05, 3.63) is 29.8 Å². The van der Waals surface area contributed by atoms with E-state index in [4.69, 9.17) is 0 Å². The molecule has 4 nitrogen and oxygen atoms in total. The van der Waals surface area contributed by atoms with Crippen molar-refractivity contribution in [2.24, 2.45) is 5.92 Å². The Kier molecular flexibility index (Phi) is 5.82. The highest BCUT2D eigenvalue weighted by Crippen LogP contribution is 2.26. The van der Waals surface area contributed by atoms with Gasteiger partial charge in [0, 0.05) is 24.6 Å². The average molecular weight is 290 g/mol. The molecule has 0 saturated carbocycles. The molecule has 0 aliphatic carbocycles. The Morgan fingerprint density at radius 2 is 2.00 bits per heavy atom. The summed E-state index contributed by atoms with van der Waals surface area (Å²) < 4.78 is 40.6. The second kappa shape index (κ2) is 7.14. The van der Waals surface area contributed by atoms with Gasteiger partial charge >= 0.3 is 6.36 Å². The van der Waals surface area contributed by atoms with E-state index < -0.39 is 6.36 Å². The minimum atomic E-state index is -4.75. The monoisotopic (exact) mass is 290 g/mol. The van der Waals surface area contributed by atoms with Gasteiger partial charge < -0.3 is 15.4 Å². The fourth-order valence-electron chi connectivity index (χ4n) is 1.63. The van der Waals surface area contributed by atoms with Gasteiger partial charge in [-0.05, 0) is 13.1 Å². The van der Waals surface area contributed by atoms with Crippen LogP contribution in [0.2, 0.25) is 0 Å². The van der Waals surface area contributed by atoms with Crippen LogP contribution in [-0.2, 0) is 11.3 Å². The largest absolute Gasteiger partial charge is 0.573 e. The Morgan fingerprint density at radius 3 is 2.60 bits per heavy atom. The summed E-state index contributed by atoms with van der Waals surface area (Å²) in [5, 5.41) is 5.44. The molecule has 0 bridgehead atoms. The third-order valence-corrected chi connectivity index (χ3v) is 2.61. The summed E-state index contributed by atoms with van der Waals surface area (Å²) >= 11 is 0. The van der Waals surface area contributed by atoms with Gasteiger partial charge in [-0.2, -0.15) is 0 Å². The first-order chi connectivity index (χ1) is 9.33. The lowest BCUT2D eigenvalue weighted by Crippen LogP contribution is -2.34. The molecule has 0 saturated heterocycles. The number of hydrogen-bond donors (Lipinski definition) is 2. The van der Waals surface area contributed by atoms with E-state index in [9.17, 15) is 18.0 Å². The summed E-state index contributed by atoms with van der Waals surface area (Å²) in [4.78, 5) is 11.7. The van der Waals surface area contributed by atoms with E-state index in [0.717, 1.165) is 0 Å². The number of ether oxygens (including phenoxy) is 1. The molecule has 1 atom stereocenters. The molecule has 1 aromatic rings. The Bertz CT molecular complexity index is 449. The topological polar surface area (TPSA) is 50.4 Å². The number of alkyl halides is 3. The number of carbonyl (C=O) groups is 1. The summed E-state index contributed by atoms with van der Waals surface area (Å²) in [5.41, 5.74) is 0.273. The highest BCUT2D eigenvalue weighted by Gasteiger charge is 2.32. The Hall–Kier alpha value is -1.76. The van der Waals surface area contributed by atoms with E-state index in [0.29, 0.717) is 6.54 Å². The van der Waals surface area contributed by atoms with Crippen molar-refractivity contribution in [3.8, 4) is 5.75 Å². The molecular formula is C13H17F3N2O2. The van der Waals surface area contributed by atoms with Crippen molar-refractivity contribution in [1.82, 2.24) is 10.6 Å². The number of benzene rings is 1. The molecule has 20 heavy (non-hydrogen) atoms. The number of carbonyl (C=O) groups excluding carboxylic acids is 1. The SMILES string of the molecule is CNCC(C)C(=O)NCc1ccccc1OC(F)(F)F. The smallest absolute Gasteiger partial charge is 0.405 e. The number of halogens is 3. The van der Waals surface area contributed by atoms with Gasteiger partial charge in [0.05, 0.1) is 0 Å². The van der Waals surface area contributed by atoms with Crippen LogP contribution in [0, 0.1) is 5.92 Å². The van der Waals surface area contributed by atoms with Gasteiger partial charge in [-0.1, -0.05) is 25.1 Å². The minimum absolute atomic E-state index is 0.0147. The van der Waals surface area contributed by atoms with Crippen molar-refractivity contribution < 1.29 is 22.7 Å². The molecule has 0 spiro atoms. The summed E-state index contributed by atoms with van der Waals surface area (Å²) in [6.45, 7) is 2.20. The number of nitrogens with one attached hydrogen (secondary N) is 2. The van der Waals surface area contributed by atoms with Crippen molar-refractivity contribution in [1.29, 1.82) is 0 Å². The van der Waals surface area contributed by atoms with E-state index in [-0.39, 0.29) is 29.7 Å². The molecule has 0 fully saturated rings. The lowest BCUT2D eigenvalue weighted by Gasteiger charge is -2.15. The van der Waals surface area contributed by atoms with Crippen LogP contribution < -0.4 is 15.4 Å². The van der Waals surface area contributed by atoms with Gasteiger partial charge in [0.2, 0.25) is 5.91 Å². The van der Waals surface area contributed by atoms with Crippen LogP contribution in [0.15, 0.2) is 24.3 Å². The second-order valence-electron chi connectivity index (χ2n) is 4.33. The van der Waals surface area contributed by atoms with E-state index in [1.807, 2.05) is 0 Å². The van der Waals surface area contributed by atoms with Gasteiger partial charge in [0.25, 0.3) is 0 Å². The normalized spacial score (nSPS) is 12.8. The molecule has 0 aliphatic heterocycles. The van der Waals surface area contributed by atoms with Gasteiger partial charge in [0.1, 0.15) is 5.75 Å². The Labute approximate surface area is 115 Å². The van der Waals surface area contributed by atoms with E-state index in [1.54, 1.807) is 20.0 Å². The molecule has 1 unspecified atom stereocenters. The van der Waals surface area contributed by atoms with Crippen molar-refractivity contribution in [3.63, 3.8) is 0 Å².